The number of rotatable bonds is 1. The normalized spacial score (nSPS) is 20.5. The van der Waals surface area contributed by atoms with Crippen molar-refractivity contribution in [2.24, 2.45) is 15.7 Å². The van der Waals surface area contributed by atoms with E-state index >= 15 is 0 Å². The van der Waals surface area contributed by atoms with Gasteiger partial charge in [0, 0.05) is 0 Å². The van der Waals surface area contributed by atoms with E-state index in [0.717, 1.165) is 10.8 Å². The average Bonchev–Trinajstić information content (AvgIpc) is 2.40. The number of nitrogens with zero attached hydrogens (tertiary/aromatic N) is 2. The predicted molar refractivity (Wildman–Crippen MR) is 44.6 cm³/mol. The number of fused-ring (bicyclic) bond motifs is 1. The summed E-state index contributed by atoms with van der Waals surface area (Å²) >= 11 is 1.52. The molecular formula is C6H5N3OS. The third kappa shape index (κ3) is 0.970. The van der Waals surface area contributed by atoms with E-state index in [1.54, 1.807) is 6.08 Å². The summed E-state index contributed by atoms with van der Waals surface area (Å²) in [6.45, 7) is 0. The van der Waals surface area contributed by atoms with Crippen molar-refractivity contribution in [1.82, 2.24) is 0 Å². The molecule has 1 amide bonds. The largest absolute Gasteiger partial charge is 0.364 e. The highest BCUT2D eigenvalue weighted by Crippen LogP contribution is 2.22. The van der Waals surface area contributed by atoms with E-state index in [2.05, 4.69) is 9.98 Å². The van der Waals surface area contributed by atoms with Crippen LogP contribution in [0, 0.1) is 0 Å². The summed E-state index contributed by atoms with van der Waals surface area (Å²) < 4.78 is 0. The van der Waals surface area contributed by atoms with Crippen molar-refractivity contribution in [2.75, 3.05) is 5.88 Å². The second kappa shape index (κ2) is 2.20. The lowest BCUT2D eigenvalue weighted by Gasteiger charge is -1.87. The summed E-state index contributed by atoms with van der Waals surface area (Å²) in [4.78, 5) is 18.7. The summed E-state index contributed by atoms with van der Waals surface area (Å²) in [5, 5.41) is 0.818. The predicted octanol–water partition coefficient (Wildman–Crippen LogP) is -0.0870. The van der Waals surface area contributed by atoms with Crippen molar-refractivity contribution in [3.05, 3.63) is 11.8 Å². The topological polar surface area (TPSA) is 67.8 Å². The van der Waals surface area contributed by atoms with Gasteiger partial charge in [-0.3, -0.25) is 9.79 Å². The number of amides is 1. The van der Waals surface area contributed by atoms with Crippen LogP contribution in [-0.2, 0) is 4.79 Å². The first-order chi connectivity index (χ1) is 5.27. The van der Waals surface area contributed by atoms with Gasteiger partial charge in [0.15, 0.2) is 0 Å². The Balaban J connectivity index is 2.38. The molecule has 4 nitrogen and oxygen atoms in total. The van der Waals surface area contributed by atoms with Gasteiger partial charge in [-0.1, -0.05) is 11.8 Å². The monoisotopic (exact) mass is 167 g/mol. The van der Waals surface area contributed by atoms with Crippen LogP contribution >= 0.6 is 11.8 Å². The third-order valence-electron chi connectivity index (χ3n) is 1.40. The number of allylic oxidation sites excluding steroid dienone is 1. The molecular weight excluding hydrogens is 162 g/mol. The molecule has 56 valence electrons. The van der Waals surface area contributed by atoms with Gasteiger partial charge < -0.3 is 5.73 Å². The van der Waals surface area contributed by atoms with Crippen LogP contribution in [0.2, 0.25) is 0 Å². The molecule has 5 heteroatoms. The molecule has 2 aliphatic rings. The molecule has 2 aliphatic heterocycles. The Kier molecular flexibility index (Phi) is 1.32. The zero-order valence-electron chi connectivity index (χ0n) is 5.57. The lowest BCUT2D eigenvalue weighted by atomic mass is 10.3. The van der Waals surface area contributed by atoms with Crippen molar-refractivity contribution in [3.8, 4) is 0 Å². The molecule has 0 bridgehead atoms. The van der Waals surface area contributed by atoms with E-state index < -0.39 is 5.91 Å². The van der Waals surface area contributed by atoms with Gasteiger partial charge in [0.25, 0.3) is 5.91 Å². The van der Waals surface area contributed by atoms with Crippen LogP contribution in [0.15, 0.2) is 21.8 Å². The standard InChI is InChI=1S/C6H5N3OS/c7-5(10)3-1-4-6(9-3)11-2-8-4/h1H,2H2,(H2,7,10). The number of carbonyl (C=O) groups is 1. The average molecular weight is 167 g/mol. The van der Waals surface area contributed by atoms with Crippen molar-refractivity contribution >= 4 is 28.4 Å². The Morgan fingerprint density at radius 2 is 2.55 bits per heavy atom. The number of thioether (sulfide) groups is 1. The van der Waals surface area contributed by atoms with Crippen LogP contribution in [0.4, 0.5) is 0 Å². The molecule has 0 fully saturated rings. The van der Waals surface area contributed by atoms with Crippen LogP contribution in [-0.4, -0.2) is 22.5 Å². The van der Waals surface area contributed by atoms with Crippen LogP contribution in [0.5, 0.6) is 0 Å². The highest BCUT2D eigenvalue weighted by molar-refractivity contribution is 8.16. The van der Waals surface area contributed by atoms with Gasteiger partial charge in [0.2, 0.25) is 0 Å². The first kappa shape index (κ1) is 6.60. The van der Waals surface area contributed by atoms with E-state index in [1.807, 2.05) is 0 Å². The maximum atomic E-state index is 10.6. The first-order valence-corrected chi connectivity index (χ1v) is 4.04. The summed E-state index contributed by atoms with van der Waals surface area (Å²) in [5.74, 6) is 0.215. The first-order valence-electron chi connectivity index (χ1n) is 3.05. The van der Waals surface area contributed by atoms with E-state index in [1.165, 1.54) is 11.8 Å². The summed E-state index contributed by atoms with van der Waals surface area (Å²) in [7, 11) is 0. The minimum atomic E-state index is -0.491. The van der Waals surface area contributed by atoms with E-state index in [0.29, 0.717) is 11.6 Å². The fourth-order valence-corrected chi connectivity index (χ4v) is 1.66. The van der Waals surface area contributed by atoms with Gasteiger partial charge in [0.1, 0.15) is 10.7 Å². The maximum Gasteiger partial charge on any atom is 0.267 e. The molecule has 0 aliphatic carbocycles. The molecule has 0 saturated carbocycles. The molecule has 0 spiro atoms. The summed E-state index contributed by atoms with van der Waals surface area (Å²) in [6.07, 6.45) is 1.62. The molecule has 0 radical (unpaired) electrons. The number of nitrogens with two attached hydrogens (primary N) is 1. The van der Waals surface area contributed by atoms with Gasteiger partial charge in [-0.2, -0.15) is 0 Å². The number of primary amides is 1. The van der Waals surface area contributed by atoms with Crippen molar-refractivity contribution < 1.29 is 4.79 Å². The van der Waals surface area contributed by atoms with Crippen LogP contribution in [0.1, 0.15) is 0 Å². The zero-order chi connectivity index (χ0) is 7.84. The Morgan fingerprint density at radius 1 is 1.73 bits per heavy atom. The quantitative estimate of drug-likeness (QED) is 0.593. The molecule has 0 aromatic heterocycles. The second-order valence-corrected chi connectivity index (χ2v) is 3.06. The van der Waals surface area contributed by atoms with E-state index in [4.69, 9.17) is 5.73 Å². The van der Waals surface area contributed by atoms with E-state index in [9.17, 15) is 4.79 Å². The molecule has 0 atom stereocenters. The fourth-order valence-electron chi connectivity index (χ4n) is 0.899. The zero-order valence-corrected chi connectivity index (χ0v) is 6.39. The van der Waals surface area contributed by atoms with Gasteiger partial charge in [-0.15, -0.1) is 0 Å². The highest BCUT2D eigenvalue weighted by Gasteiger charge is 2.22. The summed E-state index contributed by atoms with van der Waals surface area (Å²) in [5.41, 5.74) is 6.13. The summed E-state index contributed by atoms with van der Waals surface area (Å²) in [6, 6.07) is 0. The second-order valence-electron chi connectivity index (χ2n) is 2.13. The van der Waals surface area contributed by atoms with Crippen molar-refractivity contribution in [3.63, 3.8) is 0 Å². The minimum Gasteiger partial charge on any atom is -0.364 e. The van der Waals surface area contributed by atoms with Gasteiger partial charge in [-0.25, -0.2) is 4.99 Å². The lowest BCUT2D eigenvalue weighted by Crippen LogP contribution is -2.11. The molecule has 0 aromatic rings. The van der Waals surface area contributed by atoms with Crippen molar-refractivity contribution in [2.45, 2.75) is 0 Å². The van der Waals surface area contributed by atoms with Gasteiger partial charge in [-0.05, 0) is 6.08 Å². The Hall–Kier alpha value is -1.10. The molecule has 2 rings (SSSR count). The number of aliphatic imine (C=N–C) groups is 2. The van der Waals surface area contributed by atoms with Crippen LogP contribution in [0.25, 0.3) is 0 Å². The molecule has 0 aromatic carbocycles. The third-order valence-corrected chi connectivity index (χ3v) is 2.24. The molecule has 2 heterocycles. The molecule has 11 heavy (non-hydrogen) atoms. The van der Waals surface area contributed by atoms with Gasteiger partial charge >= 0.3 is 0 Å². The molecule has 2 N–H and O–H groups in total. The Morgan fingerprint density at radius 3 is 3.18 bits per heavy atom. The molecule has 0 unspecified atom stereocenters. The number of carbonyl (C=O) groups excluding carboxylic acids is 1. The minimum absolute atomic E-state index is 0.311. The van der Waals surface area contributed by atoms with Crippen molar-refractivity contribution in [1.29, 1.82) is 0 Å². The fraction of sp³-hybridized carbons (Fsp3) is 0.167. The Labute approximate surface area is 67.3 Å². The lowest BCUT2D eigenvalue weighted by molar-refractivity contribution is -0.114. The van der Waals surface area contributed by atoms with Gasteiger partial charge in [0.05, 0.1) is 11.6 Å². The van der Waals surface area contributed by atoms with E-state index in [-0.39, 0.29) is 0 Å². The maximum absolute atomic E-state index is 10.6. The highest BCUT2D eigenvalue weighted by atomic mass is 32.2. The van der Waals surface area contributed by atoms with Crippen LogP contribution < -0.4 is 5.73 Å². The smallest absolute Gasteiger partial charge is 0.267 e. The SMILES string of the molecule is NC(=O)C1=CC2=NCSC2=N1. The number of hydrogen-bond acceptors (Lipinski definition) is 4. The Bertz CT molecular complexity index is 313. The van der Waals surface area contributed by atoms with Crippen LogP contribution in [0.3, 0.4) is 0 Å². The molecule has 0 saturated heterocycles. The number of hydrogen-bond donors (Lipinski definition) is 1.